The third-order valence-electron chi connectivity index (χ3n) is 5.98. The van der Waals surface area contributed by atoms with Crippen LogP contribution >= 0.6 is 0 Å². The van der Waals surface area contributed by atoms with Gasteiger partial charge in [-0.1, -0.05) is 24.3 Å². The lowest BCUT2D eigenvalue weighted by atomic mass is 9.91. The number of piperidine rings is 1. The smallest absolute Gasteiger partial charge is 0.410 e. The minimum atomic E-state index is -0.600. The van der Waals surface area contributed by atoms with Gasteiger partial charge in [-0.25, -0.2) is 4.79 Å². The predicted molar refractivity (Wildman–Crippen MR) is 98.3 cm³/mol. The van der Waals surface area contributed by atoms with Crippen LogP contribution in [0.5, 0.6) is 0 Å². The number of allylic oxidation sites excluding steroid dienone is 3. The van der Waals surface area contributed by atoms with Crippen LogP contribution < -0.4 is 0 Å². The topological polar surface area (TPSA) is 53.0 Å². The molecular formula is C20H32N2O3. The number of likely N-dealkylation sites (tertiary alicyclic amines) is 1. The Morgan fingerprint density at radius 3 is 2.68 bits per heavy atom. The summed E-state index contributed by atoms with van der Waals surface area (Å²) in [7, 11) is 0. The number of aliphatic hydroxyl groups excluding tert-OH is 1. The Morgan fingerprint density at radius 2 is 2.04 bits per heavy atom. The highest BCUT2D eigenvalue weighted by Gasteiger charge is 2.47. The molecule has 2 aliphatic heterocycles. The van der Waals surface area contributed by atoms with Crippen LogP contribution in [-0.2, 0) is 4.74 Å². The number of amides is 1. The average Bonchev–Trinajstić information content (AvgIpc) is 2.82. The van der Waals surface area contributed by atoms with Gasteiger partial charge < -0.3 is 14.7 Å². The number of cyclic esters (lactones) is 1. The molecule has 0 aromatic heterocycles. The Bertz CT molecular complexity index is 521. The first-order valence-corrected chi connectivity index (χ1v) is 9.66. The van der Waals surface area contributed by atoms with Crippen molar-refractivity contribution in [1.29, 1.82) is 0 Å². The molecule has 0 spiro atoms. The van der Waals surface area contributed by atoms with Crippen LogP contribution in [-0.4, -0.2) is 65.4 Å². The van der Waals surface area contributed by atoms with Gasteiger partial charge in [-0.05, 0) is 64.5 Å². The molecular weight excluding hydrogens is 316 g/mol. The van der Waals surface area contributed by atoms with Crippen molar-refractivity contribution in [2.45, 2.75) is 51.2 Å². The Hall–Kier alpha value is -1.33. The van der Waals surface area contributed by atoms with Crippen molar-refractivity contribution in [1.82, 2.24) is 9.80 Å². The molecule has 1 amide bonds. The molecule has 2 fully saturated rings. The molecule has 2 saturated heterocycles. The maximum atomic E-state index is 12.1. The van der Waals surface area contributed by atoms with E-state index < -0.39 is 5.60 Å². The van der Waals surface area contributed by atoms with Gasteiger partial charge in [0.2, 0.25) is 0 Å². The van der Waals surface area contributed by atoms with Gasteiger partial charge in [0.05, 0.1) is 12.6 Å². The Balaban J connectivity index is 1.41. The van der Waals surface area contributed by atoms with Gasteiger partial charge in [0, 0.05) is 13.1 Å². The van der Waals surface area contributed by atoms with E-state index in [1.807, 2.05) is 13.8 Å². The lowest BCUT2D eigenvalue weighted by molar-refractivity contribution is 0.0478. The quantitative estimate of drug-likeness (QED) is 0.802. The second-order valence-electron chi connectivity index (χ2n) is 8.20. The molecule has 3 aliphatic rings. The molecule has 2 atom stereocenters. The number of ether oxygens (including phenoxy) is 1. The Morgan fingerprint density at radius 1 is 1.28 bits per heavy atom. The first-order valence-electron chi connectivity index (χ1n) is 9.66. The number of nitrogens with zero attached hydrogens (tertiary/aromatic N) is 2. The molecule has 2 heterocycles. The van der Waals surface area contributed by atoms with Gasteiger partial charge in [-0.15, -0.1) is 0 Å². The molecule has 1 aliphatic carbocycles. The molecule has 25 heavy (non-hydrogen) atoms. The van der Waals surface area contributed by atoms with E-state index in [1.54, 1.807) is 4.90 Å². The van der Waals surface area contributed by atoms with Crippen LogP contribution in [0.2, 0.25) is 0 Å². The molecule has 0 bridgehead atoms. The summed E-state index contributed by atoms with van der Waals surface area (Å²) in [5.41, 5.74) is -0.600. The van der Waals surface area contributed by atoms with Crippen molar-refractivity contribution in [2.24, 2.45) is 11.8 Å². The molecule has 0 aromatic rings. The minimum Gasteiger partial charge on any atom is -0.441 e. The van der Waals surface area contributed by atoms with Gasteiger partial charge >= 0.3 is 6.09 Å². The zero-order chi connectivity index (χ0) is 17.9. The third-order valence-corrected chi connectivity index (χ3v) is 5.98. The molecule has 5 heteroatoms. The van der Waals surface area contributed by atoms with Gasteiger partial charge in [0.25, 0.3) is 0 Å². The van der Waals surface area contributed by atoms with Crippen molar-refractivity contribution >= 4 is 6.09 Å². The van der Waals surface area contributed by atoms with Crippen LogP contribution in [0, 0.1) is 11.8 Å². The van der Waals surface area contributed by atoms with E-state index in [2.05, 4.69) is 29.2 Å². The van der Waals surface area contributed by atoms with Crippen LogP contribution in [0.1, 0.15) is 39.5 Å². The summed E-state index contributed by atoms with van der Waals surface area (Å²) in [6.45, 7) is 7.86. The monoisotopic (exact) mass is 348 g/mol. The predicted octanol–water partition coefficient (Wildman–Crippen LogP) is 2.81. The molecule has 1 N–H and O–H groups in total. The lowest BCUT2D eigenvalue weighted by Gasteiger charge is -2.35. The largest absolute Gasteiger partial charge is 0.441 e. The summed E-state index contributed by atoms with van der Waals surface area (Å²) in [6, 6.07) is -0.230. The van der Waals surface area contributed by atoms with Gasteiger partial charge in [0.15, 0.2) is 0 Å². The van der Waals surface area contributed by atoms with Crippen molar-refractivity contribution in [3.63, 3.8) is 0 Å². The fourth-order valence-corrected chi connectivity index (χ4v) is 4.30. The maximum Gasteiger partial charge on any atom is 0.410 e. The summed E-state index contributed by atoms with van der Waals surface area (Å²) >= 11 is 0. The highest BCUT2D eigenvalue weighted by Crippen LogP contribution is 2.31. The zero-order valence-electron chi connectivity index (χ0n) is 15.6. The molecule has 3 rings (SSSR count). The first-order chi connectivity index (χ1) is 12.0. The maximum absolute atomic E-state index is 12.1. The average molecular weight is 348 g/mol. The number of aliphatic hydroxyl groups is 1. The third kappa shape index (κ3) is 4.45. The Labute approximate surface area is 151 Å². The van der Waals surface area contributed by atoms with E-state index in [-0.39, 0.29) is 18.7 Å². The van der Waals surface area contributed by atoms with E-state index in [9.17, 15) is 9.90 Å². The summed E-state index contributed by atoms with van der Waals surface area (Å²) in [5.74, 6) is 1.32. The number of hydrogen-bond acceptors (Lipinski definition) is 4. The molecule has 140 valence electrons. The van der Waals surface area contributed by atoms with E-state index in [0.29, 0.717) is 18.4 Å². The van der Waals surface area contributed by atoms with E-state index >= 15 is 0 Å². The Kier molecular flexibility index (Phi) is 5.85. The zero-order valence-corrected chi connectivity index (χ0v) is 15.6. The number of carbonyl (C=O) groups is 1. The van der Waals surface area contributed by atoms with Crippen molar-refractivity contribution in [3.8, 4) is 0 Å². The van der Waals surface area contributed by atoms with Crippen molar-refractivity contribution < 1.29 is 14.6 Å². The van der Waals surface area contributed by atoms with E-state index in [0.717, 1.165) is 32.5 Å². The SMILES string of the molecule is CC1(C)OC(=O)N(CCC2CCN(C[C@@H]3C=CC=CC3)CC2)[C@@H]1CO. The van der Waals surface area contributed by atoms with Crippen molar-refractivity contribution in [2.75, 3.05) is 32.8 Å². The highest BCUT2D eigenvalue weighted by atomic mass is 16.6. The molecule has 0 saturated carbocycles. The van der Waals surface area contributed by atoms with Crippen molar-refractivity contribution in [3.05, 3.63) is 24.3 Å². The van der Waals surface area contributed by atoms with Crippen LogP contribution in [0.3, 0.4) is 0 Å². The van der Waals surface area contributed by atoms with Gasteiger partial charge in [-0.2, -0.15) is 0 Å². The number of carbonyl (C=O) groups excluding carboxylic acids is 1. The summed E-state index contributed by atoms with van der Waals surface area (Å²) in [5, 5.41) is 9.63. The van der Waals surface area contributed by atoms with E-state index in [4.69, 9.17) is 4.74 Å². The summed E-state index contributed by atoms with van der Waals surface area (Å²) in [4.78, 5) is 16.4. The minimum absolute atomic E-state index is 0.0411. The summed E-state index contributed by atoms with van der Waals surface area (Å²) < 4.78 is 5.41. The highest BCUT2D eigenvalue weighted by molar-refractivity contribution is 5.71. The summed E-state index contributed by atoms with van der Waals surface area (Å²) in [6.07, 6.45) is 13.1. The van der Waals surface area contributed by atoms with Crippen LogP contribution in [0.25, 0.3) is 0 Å². The standard InChI is InChI=1S/C20H32N2O3/c1-20(2)18(15-23)22(19(24)25-20)13-10-16-8-11-21(12-9-16)14-17-6-4-3-5-7-17/h3-6,16-18,23H,7-15H2,1-2H3/t17-,18-/m1/s1. The number of hydrogen-bond donors (Lipinski definition) is 1. The second kappa shape index (κ2) is 7.92. The van der Waals surface area contributed by atoms with Crippen LogP contribution in [0.15, 0.2) is 24.3 Å². The molecule has 5 nitrogen and oxygen atoms in total. The van der Waals surface area contributed by atoms with E-state index in [1.165, 1.54) is 12.8 Å². The number of rotatable bonds is 6. The lowest BCUT2D eigenvalue weighted by Crippen LogP contribution is -2.45. The van der Waals surface area contributed by atoms with Crippen LogP contribution in [0.4, 0.5) is 4.79 Å². The normalized spacial score (nSPS) is 30.0. The fraction of sp³-hybridized carbons (Fsp3) is 0.750. The molecule has 0 radical (unpaired) electrons. The van der Waals surface area contributed by atoms with Gasteiger partial charge in [-0.3, -0.25) is 4.90 Å². The fourth-order valence-electron chi connectivity index (χ4n) is 4.30. The molecule has 0 unspecified atom stereocenters. The first kappa shape index (κ1) is 18.5. The van der Waals surface area contributed by atoms with Gasteiger partial charge in [0.1, 0.15) is 5.60 Å². The second-order valence-corrected chi connectivity index (χ2v) is 8.20. The molecule has 0 aromatic carbocycles.